The minimum atomic E-state index is -2.29. The van der Waals surface area contributed by atoms with Gasteiger partial charge in [-0.1, -0.05) is 68.4 Å². The van der Waals surface area contributed by atoms with Gasteiger partial charge in [-0.05, 0) is 22.7 Å². The topological polar surface area (TPSA) is 78.4 Å². The number of aromatic nitrogens is 2. The number of rotatable bonds is 13. The number of esters is 1. The van der Waals surface area contributed by atoms with Gasteiger partial charge in [0.05, 0.1) is 23.9 Å². The molecule has 0 saturated carbocycles. The fraction of sp³-hybridized carbons (Fsp3) is 0.630. The Hall–Kier alpha value is -1.68. The van der Waals surface area contributed by atoms with Gasteiger partial charge >= 0.3 is 5.97 Å². The largest absolute Gasteiger partial charge is 0.469 e. The highest BCUT2D eigenvalue weighted by molar-refractivity contribution is 7.14. The fourth-order valence-electron chi connectivity index (χ4n) is 4.84. The van der Waals surface area contributed by atoms with E-state index in [9.17, 15) is 9.59 Å². The van der Waals surface area contributed by atoms with Crippen molar-refractivity contribution in [3.05, 3.63) is 27.5 Å². The molecule has 0 radical (unpaired) electrons. The molecule has 200 valence electrons. The highest BCUT2D eigenvalue weighted by Crippen LogP contribution is 2.44. The van der Waals surface area contributed by atoms with Crippen LogP contribution in [0.25, 0.3) is 16.8 Å². The van der Waals surface area contributed by atoms with Gasteiger partial charge in [0.15, 0.2) is 0 Å². The van der Waals surface area contributed by atoms with Crippen molar-refractivity contribution in [1.82, 2.24) is 9.97 Å². The number of ether oxygens (including phenoxy) is 1. The summed E-state index contributed by atoms with van der Waals surface area (Å²) in [6, 6.07) is 0. The van der Waals surface area contributed by atoms with Gasteiger partial charge in [-0.2, -0.15) is 0 Å². The Morgan fingerprint density at radius 3 is 2.06 bits per heavy atom. The van der Waals surface area contributed by atoms with Gasteiger partial charge in [-0.3, -0.25) is 9.59 Å². The lowest BCUT2D eigenvalue weighted by Crippen LogP contribution is -2.51. The summed E-state index contributed by atoms with van der Waals surface area (Å²) in [6.45, 7) is 19.4. The lowest BCUT2D eigenvalue weighted by molar-refractivity contribution is -0.144. The van der Waals surface area contributed by atoms with Crippen molar-refractivity contribution in [3.8, 4) is 10.7 Å². The highest BCUT2D eigenvalue weighted by Gasteiger charge is 2.47. The van der Waals surface area contributed by atoms with E-state index in [1.165, 1.54) is 7.11 Å². The highest BCUT2D eigenvalue weighted by atomic mass is 32.1. The van der Waals surface area contributed by atoms with E-state index in [4.69, 9.17) is 19.1 Å². The summed E-state index contributed by atoms with van der Waals surface area (Å²) in [7, 11) is -0.987. The summed E-state index contributed by atoms with van der Waals surface area (Å²) in [5.41, 5.74) is 2.79. The van der Waals surface area contributed by atoms with Crippen LogP contribution in [0.1, 0.15) is 85.4 Å². The molecule has 36 heavy (non-hydrogen) atoms. The smallest absolute Gasteiger partial charge is 0.313 e. The molecule has 0 N–H and O–H groups in total. The number of Topliss-reactive ketones (excluding diaryl/α,β-unsaturated/α-hetero) is 1. The van der Waals surface area contributed by atoms with E-state index < -0.39 is 26.3 Å². The predicted molar refractivity (Wildman–Crippen MR) is 153 cm³/mol. The first kappa shape index (κ1) is 30.5. The normalized spacial score (nSPS) is 14.4. The molecule has 0 amide bonds. The molecule has 0 aliphatic rings. The van der Waals surface area contributed by atoms with Crippen molar-refractivity contribution in [2.24, 2.45) is 5.92 Å². The number of ketones is 1. The van der Waals surface area contributed by atoms with Crippen LogP contribution in [-0.2, 0) is 18.8 Å². The summed E-state index contributed by atoms with van der Waals surface area (Å²) in [6.07, 6.45) is 3.17. The van der Waals surface area contributed by atoms with Crippen LogP contribution in [0.5, 0.6) is 0 Å². The second-order valence-electron chi connectivity index (χ2n) is 10.6. The molecule has 2 aromatic rings. The fourth-order valence-corrected chi connectivity index (χ4v) is 12.0. The summed E-state index contributed by atoms with van der Waals surface area (Å²) >= 11 is 3.21. The van der Waals surface area contributed by atoms with Crippen LogP contribution in [0, 0.1) is 5.92 Å². The first-order chi connectivity index (χ1) is 16.8. The maximum atomic E-state index is 13.0. The molecule has 0 saturated heterocycles. The Morgan fingerprint density at radius 1 is 0.944 bits per heavy atom. The number of carbonyl (C=O) groups is 2. The number of hydrogen-bond acceptors (Lipinski definition) is 8. The van der Waals surface area contributed by atoms with Crippen molar-refractivity contribution >= 4 is 48.8 Å². The van der Waals surface area contributed by atoms with Crippen molar-refractivity contribution in [1.29, 1.82) is 0 Å². The van der Waals surface area contributed by atoms with Gasteiger partial charge in [0.2, 0.25) is 8.32 Å². The molecule has 2 atom stereocenters. The number of thiazole rings is 2. The SMILES string of the molecule is COC(=O)CC(=O)[C@H](C)[C@H](/C=C/c1csc(-c2csc(C(C)C)n2)n1)O[Si](C(C)C)(C(C)C)C(C)C. The molecule has 2 heterocycles. The lowest BCUT2D eigenvalue weighted by Gasteiger charge is -2.45. The summed E-state index contributed by atoms with van der Waals surface area (Å²) in [5.74, 6) is -0.813. The molecule has 0 aromatic carbocycles. The quantitative estimate of drug-likeness (QED) is 0.144. The molecule has 0 aliphatic heterocycles. The number of nitrogens with zero attached hydrogens (tertiary/aromatic N) is 2. The van der Waals surface area contributed by atoms with Crippen molar-refractivity contribution in [2.75, 3.05) is 7.11 Å². The average Bonchev–Trinajstić information content (AvgIpc) is 3.47. The van der Waals surface area contributed by atoms with Crippen LogP contribution in [0.15, 0.2) is 16.8 Å². The van der Waals surface area contributed by atoms with E-state index in [-0.39, 0.29) is 12.2 Å². The third-order valence-corrected chi connectivity index (χ3v) is 14.9. The zero-order chi connectivity index (χ0) is 27.2. The van der Waals surface area contributed by atoms with Crippen LogP contribution in [0.4, 0.5) is 0 Å². The first-order valence-corrected chi connectivity index (χ1v) is 16.6. The Morgan fingerprint density at radius 2 is 1.56 bits per heavy atom. The monoisotopic (exact) mass is 550 g/mol. The third-order valence-electron chi connectivity index (χ3n) is 6.81. The van der Waals surface area contributed by atoms with E-state index in [1.807, 2.05) is 24.5 Å². The van der Waals surface area contributed by atoms with E-state index in [2.05, 4.69) is 60.8 Å². The number of carbonyl (C=O) groups excluding carboxylic acids is 2. The molecule has 0 spiro atoms. The maximum Gasteiger partial charge on any atom is 0.313 e. The lowest BCUT2D eigenvalue weighted by atomic mass is 9.97. The van der Waals surface area contributed by atoms with E-state index >= 15 is 0 Å². The van der Waals surface area contributed by atoms with Gasteiger partial charge in [-0.25, -0.2) is 9.97 Å². The zero-order valence-electron chi connectivity index (χ0n) is 23.3. The molecule has 2 rings (SSSR count). The van der Waals surface area contributed by atoms with Crippen LogP contribution < -0.4 is 0 Å². The maximum absolute atomic E-state index is 13.0. The van der Waals surface area contributed by atoms with Crippen LogP contribution >= 0.6 is 22.7 Å². The van der Waals surface area contributed by atoms with E-state index in [0.29, 0.717) is 22.5 Å². The average molecular weight is 551 g/mol. The Kier molecular flexibility index (Phi) is 11.2. The molecule has 0 aliphatic carbocycles. The standard InChI is InChI=1S/C27H42N2O4S2Si/c1-16(2)26-29-22(15-35-26)27-28-21(14-34-27)11-12-24(20(9)23(30)13-25(31)32-10)33-36(17(3)4,18(5)6)19(7)8/h11-12,14-20,24H,13H2,1-10H3/b12-11+/t20-,24-/m0/s1. The Balaban J connectivity index is 2.39. The van der Waals surface area contributed by atoms with Gasteiger partial charge in [-0.15, -0.1) is 22.7 Å². The van der Waals surface area contributed by atoms with Crippen LogP contribution in [-0.4, -0.2) is 43.3 Å². The number of methoxy groups -OCH3 is 1. The molecule has 2 aromatic heterocycles. The molecule has 6 nitrogen and oxygen atoms in total. The molecular weight excluding hydrogens is 509 g/mol. The van der Waals surface area contributed by atoms with E-state index in [0.717, 1.165) is 21.4 Å². The minimum absolute atomic E-state index is 0.182. The minimum Gasteiger partial charge on any atom is -0.469 e. The van der Waals surface area contributed by atoms with Crippen molar-refractivity contribution in [3.63, 3.8) is 0 Å². The summed E-state index contributed by atoms with van der Waals surface area (Å²) < 4.78 is 11.7. The molecule has 0 fully saturated rings. The van der Waals surface area contributed by atoms with Crippen molar-refractivity contribution in [2.45, 2.75) is 97.4 Å². The summed E-state index contributed by atoms with van der Waals surface area (Å²) in [4.78, 5) is 34.3. The van der Waals surface area contributed by atoms with Gasteiger partial charge in [0, 0.05) is 22.6 Å². The second-order valence-corrected chi connectivity index (χ2v) is 17.7. The van der Waals surface area contributed by atoms with Gasteiger partial charge in [0.1, 0.15) is 22.9 Å². The molecule has 9 heteroatoms. The molecule has 0 unspecified atom stereocenters. The Bertz CT molecular complexity index is 1020. The first-order valence-electron chi connectivity index (χ1n) is 12.7. The van der Waals surface area contributed by atoms with Gasteiger partial charge < -0.3 is 9.16 Å². The summed E-state index contributed by atoms with van der Waals surface area (Å²) in [5, 5.41) is 6.02. The van der Waals surface area contributed by atoms with Crippen molar-refractivity contribution < 1.29 is 18.8 Å². The predicted octanol–water partition coefficient (Wildman–Crippen LogP) is 7.73. The van der Waals surface area contributed by atoms with Crippen LogP contribution in [0.2, 0.25) is 16.6 Å². The zero-order valence-corrected chi connectivity index (χ0v) is 26.0. The third kappa shape index (κ3) is 7.21. The number of hydrogen-bond donors (Lipinski definition) is 0. The molecular formula is C27H42N2O4S2Si. The van der Waals surface area contributed by atoms with E-state index in [1.54, 1.807) is 22.7 Å². The Labute approximate surface area is 225 Å². The molecule has 0 bridgehead atoms. The van der Waals surface area contributed by atoms with Gasteiger partial charge in [0.25, 0.3) is 0 Å². The second kappa shape index (κ2) is 13.2. The van der Waals surface area contributed by atoms with Crippen LogP contribution in [0.3, 0.4) is 0 Å².